The molecule has 13 nitrogen and oxygen atoms in total. The quantitative estimate of drug-likeness (QED) is 0.153. The van der Waals surface area contributed by atoms with E-state index in [4.69, 9.17) is 0 Å². The number of fused-ring (bicyclic) bond motifs is 4. The first kappa shape index (κ1) is 41.5. The van der Waals surface area contributed by atoms with Crippen LogP contribution in [0, 0.1) is 5.82 Å². The van der Waals surface area contributed by atoms with Crippen molar-refractivity contribution in [1.29, 1.82) is 0 Å². The summed E-state index contributed by atoms with van der Waals surface area (Å²) in [5.74, 6) is -0.332. The number of imidazole rings is 2. The third-order valence-corrected chi connectivity index (χ3v) is 12.5. The summed E-state index contributed by atoms with van der Waals surface area (Å²) in [6.07, 6.45) is 2.17. The van der Waals surface area contributed by atoms with Crippen LogP contribution in [0.25, 0.3) is 66.9 Å². The predicted molar refractivity (Wildman–Crippen MR) is 204 cm³/mol. The van der Waals surface area contributed by atoms with E-state index in [0.29, 0.717) is 38.4 Å². The molecule has 0 bridgehead atoms. The fourth-order valence-electron chi connectivity index (χ4n) is 6.09. The zero-order valence-electron chi connectivity index (χ0n) is 30.9. The van der Waals surface area contributed by atoms with Crippen LogP contribution in [0.3, 0.4) is 0 Å². The number of aryl methyl sites for hydroxylation is 2. The van der Waals surface area contributed by atoms with Gasteiger partial charge < -0.3 is 9.13 Å². The zero-order valence-corrected chi connectivity index (χ0v) is 32.5. The third kappa shape index (κ3) is 7.78. The van der Waals surface area contributed by atoms with Gasteiger partial charge in [-0.2, -0.15) is 13.2 Å². The van der Waals surface area contributed by atoms with Gasteiger partial charge >= 0.3 is 6.18 Å². The lowest BCUT2D eigenvalue weighted by atomic mass is 10.1. The van der Waals surface area contributed by atoms with E-state index in [1.54, 1.807) is 68.2 Å². The lowest BCUT2D eigenvalue weighted by Gasteiger charge is -2.12. The van der Waals surface area contributed by atoms with Crippen molar-refractivity contribution in [1.82, 2.24) is 44.0 Å². The molecule has 0 saturated carbocycles. The summed E-state index contributed by atoms with van der Waals surface area (Å²) in [7, 11) is -4.07. The molecule has 0 N–H and O–H groups in total. The van der Waals surface area contributed by atoms with Crippen molar-refractivity contribution < 1.29 is 43.2 Å². The molecule has 0 aliphatic carbocycles. The number of halogens is 6. The Morgan fingerprint density at radius 3 is 1.93 bits per heavy atom. The molecule has 0 aliphatic rings. The number of benzene rings is 1. The first-order valence-corrected chi connectivity index (χ1v) is 20.3. The number of hydrogen-bond donors (Lipinski definition) is 0. The summed E-state index contributed by atoms with van der Waals surface area (Å²) in [6.45, 7) is 1.34. The molecule has 302 valence electrons. The second kappa shape index (κ2) is 16.0. The van der Waals surface area contributed by atoms with Gasteiger partial charge in [0.1, 0.15) is 38.2 Å². The average Bonchev–Trinajstić information content (AvgIpc) is 3.71. The minimum atomic E-state index is -4.61. The van der Waals surface area contributed by atoms with Crippen LogP contribution in [0.15, 0.2) is 89.3 Å². The standard InChI is InChI=1S/C19H15F3N4O2S.C17H14FN5O2S.CH2F2/c1-3-29(27,28)17-12-7-5-4-6-11(12)9-24-16(17)18-25-13-8-15(19(20,21)22)23-10-14(13)26(18)2;1-3-26(24,25)15-13-10(5-4-6-19-13)8-20-14(15)17-22-12-7-11(18)9-21-16(12)23(17)2;2-1-3/h4-10H,3H2,1-2H3;4-9H,3H2,1-2H3;1H2. The first-order chi connectivity index (χ1) is 27.5. The summed E-state index contributed by atoms with van der Waals surface area (Å²) >= 11 is 0. The van der Waals surface area contributed by atoms with Crippen molar-refractivity contribution in [3.05, 3.63) is 91.0 Å². The molecule has 0 atom stereocenters. The van der Waals surface area contributed by atoms with Gasteiger partial charge in [-0.05, 0) is 18.2 Å². The topological polar surface area (TPSA) is 168 Å². The highest BCUT2D eigenvalue weighted by atomic mass is 32.2. The molecular formula is C37H31F6N9O4S2. The van der Waals surface area contributed by atoms with Crippen LogP contribution in [0.5, 0.6) is 0 Å². The molecule has 58 heavy (non-hydrogen) atoms. The summed E-state index contributed by atoms with van der Waals surface area (Å²) in [5.41, 5.74) is 0.696. The van der Waals surface area contributed by atoms with Crippen molar-refractivity contribution in [2.45, 2.75) is 29.8 Å². The molecule has 8 aromatic rings. The number of nitrogens with zero attached hydrogens (tertiary/aromatic N) is 9. The van der Waals surface area contributed by atoms with Crippen molar-refractivity contribution in [2.75, 3.05) is 18.4 Å². The van der Waals surface area contributed by atoms with Crippen LogP contribution in [0.1, 0.15) is 19.5 Å². The fourth-order valence-corrected chi connectivity index (χ4v) is 8.53. The number of pyridine rings is 5. The summed E-state index contributed by atoms with van der Waals surface area (Å²) < 4.78 is 126. The number of rotatable bonds is 6. The average molecular weight is 844 g/mol. The van der Waals surface area contributed by atoms with Crippen molar-refractivity contribution >= 4 is 63.5 Å². The molecule has 7 heterocycles. The van der Waals surface area contributed by atoms with Gasteiger partial charge in [-0.1, -0.05) is 38.1 Å². The second-order valence-corrected chi connectivity index (χ2v) is 16.8. The molecule has 0 saturated heterocycles. The number of sulfone groups is 2. The minimum absolute atomic E-state index is 0.0144. The van der Waals surface area contributed by atoms with Gasteiger partial charge in [0.2, 0.25) is 6.93 Å². The second-order valence-electron chi connectivity index (χ2n) is 12.3. The largest absolute Gasteiger partial charge is 0.433 e. The van der Waals surface area contributed by atoms with Crippen LogP contribution < -0.4 is 0 Å². The fraction of sp³-hybridized carbons (Fsp3) is 0.216. The highest BCUT2D eigenvalue weighted by Crippen LogP contribution is 2.36. The van der Waals surface area contributed by atoms with Gasteiger partial charge in [0, 0.05) is 54.9 Å². The number of hydrogen-bond acceptors (Lipinski definition) is 11. The lowest BCUT2D eigenvalue weighted by Crippen LogP contribution is -2.10. The molecule has 0 radical (unpaired) electrons. The van der Waals surface area contributed by atoms with Gasteiger partial charge in [-0.3, -0.25) is 15.0 Å². The van der Waals surface area contributed by atoms with Gasteiger partial charge in [0.15, 0.2) is 37.0 Å². The SMILES string of the molecule is CCS(=O)(=O)c1c(-c2nc3cc(C(F)(F)F)ncc3n2C)ncc2ccccc12.CCS(=O)(=O)c1c(-c2nc3cc(F)cnc3n2C)ncc2cccnc12.FCF. The van der Waals surface area contributed by atoms with E-state index in [1.165, 1.54) is 30.0 Å². The molecule has 21 heteroatoms. The molecule has 8 rings (SSSR count). The van der Waals surface area contributed by atoms with Gasteiger partial charge in [0.05, 0.1) is 40.4 Å². The Hall–Kier alpha value is -6.09. The van der Waals surface area contributed by atoms with E-state index < -0.39 is 44.3 Å². The minimum Gasteiger partial charge on any atom is -0.324 e. The van der Waals surface area contributed by atoms with Crippen LogP contribution in [-0.4, -0.2) is 79.3 Å². The van der Waals surface area contributed by atoms with Crippen molar-refractivity contribution in [3.8, 4) is 23.0 Å². The maximum absolute atomic E-state index is 13.5. The Bertz CT molecular complexity index is 3070. The van der Waals surface area contributed by atoms with Crippen LogP contribution in [-0.2, 0) is 39.9 Å². The Morgan fingerprint density at radius 2 is 1.26 bits per heavy atom. The van der Waals surface area contributed by atoms with Gasteiger partial charge in [-0.15, -0.1) is 0 Å². The van der Waals surface area contributed by atoms with Gasteiger partial charge in [-0.25, -0.2) is 49.9 Å². The van der Waals surface area contributed by atoms with E-state index in [9.17, 15) is 43.2 Å². The van der Waals surface area contributed by atoms with Crippen molar-refractivity contribution in [2.24, 2.45) is 14.1 Å². The number of aromatic nitrogens is 9. The molecule has 1 aromatic carbocycles. The Labute approximate surface area is 326 Å². The molecule has 0 spiro atoms. The Kier molecular flexibility index (Phi) is 11.5. The van der Waals surface area contributed by atoms with Gasteiger partial charge in [0.25, 0.3) is 0 Å². The maximum atomic E-state index is 13.5. The monoisotopic (exact) mass is 843 g/mol. The predicted octanol–water partition coefficient (Wildman–Crippen LogP) is 7.39. The molecule has 0 amide bonds. The number of alkyl halides is 5. The highest BCUT2D eigenvalue weighted by molar-refractivity contribution is 7.92. The highest BCUT2D eigenvalue weighted by Gasteiger charge is 2.34. The van der Waals surface area contributed by atoms with E-state index >= 15 is 0 Å². The van der Waals surface area contributed by atoms with Crippen molar-refractivity contribution in [3.63, 3.8) is 0 Å². The Balaban J connectivity index is 0.000000184. The van der Waals surface area contributed by atoms with E-state index in [2.05, 4.69) is 34.9 Å². The third-order valence-electron chi connectivity index (χ3n) is 8.89. The van der Waals surface area contributed by atoms with E-state index in [1.807, 2.05) is 0 Å². The first-order valence-electron chi connectivity index (χ1n) is 17.0. The molecular weight excluding hydrogens is 813 g/mol. The maximum Gasteiger partial charge on any atom is 0.433 e. The Morgan fingerprint density at radius 1 is 0.672 bits per heavy atom. The zero-order chi connectivity index (χ0) is 42.2. The van der Waals surface area contributed by atoms with Crippen LogP contribution in [0.4, 0.5) is 26.3 Å². The smallest absolute Gasteiger partial charge is 0.324 e. The molecule has 0 unspecified atom stereocenters. The van der Waals surface area contributed by atoms with Crippen LogP contribution >= 0.6 is 0 Å². The molecule has 7 aromatic heterocycles. The molecule has 0 fully saturated rings. The summed E-state index contributed by atoms with van der Waals surface area (Å²) in [4.78, 5) is 29.1. The van der Waals surface area contributed by atoms with E-state index in [-0.39, 0.29) is 49.9 Å². The summed E-state index contributed by atoms with van der Waals surface area (Å²) in [6, 6.07) is 12.5. The molecule has 0 aliphatic heterocycles. The lowest BCUT2D eigenvalue weighted by molar-refractivity contribution is -0.141. The van der Waals surface area contributed by atoms with E-state index in [0.717, 1.165) is 18.5 Å². The normalized spacial score (nSPS) is 12.1. The van der Waals surface area contributed by atoms with Crippen LogP contribution in [0.2, 0.25) is 0 Å². The summed E-state index contributed by atoms with van der Waals surface area (Å²) in [5, 5.41) is 1.75.